The Morgan fingerprint density at radius 1 is 1.37 bits per heavy atom. The van der Waals surface area contributed by atoms with Gasteiger partial charge in [-0.1, -0.05) is 11.3 Å². The monoisotopic (exact) mass is 278 g/mol. The van der Waals surface area contributed by atoms with Gasteiger partial charge in [0.25, 0.3) is 0 Å². The van der Waals surface area contributed by atoms with Crippen molar-refractivity contribution in [2.75, 3.05) is 13.7 Å². The number of ether oxygens (including phenoxy) is 1. The van der Waals surface area contributed by atoms with Crippen LogP contribution < -0.4 is 4.80 Å². The summed E-state index contributed by atoms with van der Waals surface area (Å²) in [5.41, 5.74) is 3.61. The van der Waals surface area contributed by atoms with E-state index in [1.807, 2.05) is 0 Å². The van der Waals surface area contributed by atoms with E-state index in [0.29, 0.717) is 13.2 Å². The van der Waals surface area contributed by atoms with Gasteiger partial charge in [0.15, 0.2) is 4.80 Å². The molecule has 2 aromatic rings. The molecule has 0 radical (unpaired) electrons. The van der Waals surface area contributed by atoms with Crippen LogP contribution in [0.2, 0.25) is 0 Å². The normalized spacial score (nSPS) is 12.3. The Balaban J connectivity index is 2.70. The number of carbonyl (C=O) groups is 1. The number of amides is 1. The molecular weight excluding hydrogens is 260 g/mol. The smallest absolute Gasteiger partial charge is 0.245 e. The lowest BCUT2D eigenvalue weighted by molar-refractivity contribution is -0.116. The fraction of sp³-hybridized carbons (Fsp3) is 0.429. The van der Waals surface area contributed by atoms with E-state index in [2.05, 4.69) is 35.5 Å². The molecular formula is C14H18N2O2S. The summed E-state index contributed by atoms with van der Waals surface area (Å²) in [6.45, 7) is 6.96. The van der Waals surface area contributed by atoms with E-state index in [-0.39, 0.29) is 5.91 Å². The van der Waals surface area contributed by atoms with Gasteiger partial charge in [0.2, 0.25) is 5.91 Å². The molecule has 19 heavy (non-hydrogen) atoms. The van der Waals surface area contributed by atoms with Crippen LogP contribution in [0, 0.1) is 13.8 Å². The van der Waals surface area contributed by atoms with Crippen molar-refractivity contribution in [3.8, 4) is 0 Å². The van der Waals surface area contributed by atoms with Crippen LogP contribution in [0.15, 0.2) is 17.1 Å². The fourth-order valence-electron chi connectivity index (χ4n) is 1.94. The van der Waals surface area contributed by atoms with Gasteiger partial charge in [0.05, 0.1) is 16.8 Å². The fourth-order valence-corrected chi connectivity index (χ4v) is 3.12. The van der Waals surface area contributed by atoms with Gasteiger partial charge in [-0.15, -0.1) is 0 Å². The highest BCUT2D eigenvalue weighted by atomic mass is 32.1. The average molecular weight is 278 g/mol. The molecule has 0 bridgehead atoms. The van der Waals surface area contributed by atoms with Gasteiger partial charge < -0.3 is 9.30 Å². The molecule has 0 N–H and O–H groups in total. The third-order valence-electron chi connectivity index (χ3n) is 3.07. The van der Waals surface area contributed by atoms with Gasteiger partial charge >= 0.3 is 0 Å². The first-order chi connectivity index (χ1) is 9.02. The Morgan fingerprint density at radius 3 is 2.68 bits per heavy atom. The standard InChI is InChI=1S/C14H18N2O2S/c1-9-7-12-13(8-10(9)2)19-14(15-11(3)17)16(12)5-6-18-4/h7-8H,5-6H2,1-4H3. The number of rotatable bonds is 3. The van der Waals surface area contributed by atoms with Crippen molar-refractivity contribution in [1.82, 2.24) is 4.57 Å². The van der Waals surface area contributed by atoms with Crippen molar-refractivity contribution in [1.29, 1.82) is 0 Å². The van der Waals surface area contributed by atoms with E-state index < -0.39 is 0 Å². The molecule has 102 valence electrons. The number of fused-ring (bicyclic) bond motifs is 1. The van der Waals surface area contributed by atoms with E-state index in [1.54, 1.807) is 18.4 Å². The zero-order valence-electron chi connectivity index (χ0n) is 11.7. The summed E-state index contributed by atoms with van der Waals surface area (Å²) < 4.78 is 8.34. The zero-order valence-corrected chi connectivity index (χ0v) is 12.5. The Morgan fingerprint density at radius 2 is 2.05 bits per heavy atom. The van der Waals surface area contributed by atoms with Gasteiger partial charge in [-0.25, -0.2) is 0 Å². The second-order valence-corrected chi connectivity index (χ2v) is 5.57. The highest BCUT2D eigenvalue weighted by Gasteiger charge is 2.08. The molecule has 0 aliphatic carbocycles. The molecule has 2 rings (SSSR count). The molecule has 0 aliphatic rings. The van der Waals surface area contributed by atoms with Crippen LogP contribution in [0.1, 0.15) is 18.1 Å². The van der Waals surface area contributed by atoms with E-state index >= 15 is 0 Å². The molecule has 0 atom stereocenters. The van der Waals surface area contributed by atoms with Gasteiger partial charge in [-0.05, 0) is 37.1 Å². The van der Waals surface area contributed by atoms with Crippen molar-refractivity contribution < 1.29 is 9.53 Å². The number of benzene rings is 1. The number of hydrogen-bond acceptors (Lipinski definition) is 3. The van der Waals surface area contributed by atoms with Crippen molar-refractivity contribution >= 4 is 27.5 Å². The maximum absolute atomic E-state index is 11.2. The average Bonchev–Trinajstić information content (AvgIpc) is 2.63. The number of thiazole rings is 1. The molecule has 1 amide bonds. The lowest BCUT2D eigenvalue weighted by atomic mass is 10.1. The molecule has 0 saturated heterocycles. The SMILES string of the molecule is COCCn1c(=NC(C)=O)sc2cc(C)c(C)cc21. The molecule has 1 heterocycles. The van der Waals surface area contributed by atoms with Crippen LogP contribution in [0.3, 0.4) is 0 Å². The lowest BCUT2D eigenvalue weighted by Crippen LogP contribution is -2.18. The number of hydrogen-bond donors (Lipinski definition) is 0. The molecule has 0 saturated carbocycles. The first-order valence-corrected chi connectivity index (χ1v) is 6.99. The minimum atomic E-state index is -0.175. The maximum atomic E-state index is 11.2. The van der Waals surface area contributed by atoms with Gasteiger partial charge in [-0.3, -0.25) is 4.79 Å². The summed E-state index contributed by atoms with van der Waals surface area (Å²) in [7, 11) is 1.67. The maximum Gasteiger partial charge on any atom is 0.245 e. The molecule has 5 heteroatoms. The first-order valence-electron chi connectivity index (χ1n) is 6.17. The third kappa shape index (κ3) is 2.93. The number of aromatic nitrogens is 1. The molecule has 0 spiro atoms. The van der Waals surface area contributed by atoms with Crippen LogP contribution in [-0.4, -0.2) is 24.2 Å². The van der Waals surface area contributed by atoms with E-state index in [0.717, 1.165) is 15.0 Å². The molecule has 1 aromatic heterocycles. The van der Waals surface area contributed by atoms with E-state index in [9.17, 15) is 4.79 Å². The number of methoxy groups -OCH3 is 1. The minimum Gasteiger partial charge on any atom is -0.383 e. The van der Waals surface area contributed by atoms with E-state index in [1.165, 1.54) is 18.1 Å². The third-order valence-corrected chi connectivity index (χ3v) is 4.11. The van der Waals surface area contributed by atoms with Crippen molar-refractivity contribution in [2.24, 2.45) is 4.99 Å². The summed E-state index contributed by atoms with van der Waals surface area (Å²) in [5, 5.41) is 0. The predicted molar refractivity (Wildman–Crippen MR) is 77.4 cm³/mol. The summed E-state index contributed by atoms with van der Waals surface area (Å²) in [4.78, 5) is 16.1. The Labute approximate surface area is 116 Å². The highest BCUT2D eigenvalue weighted by molar-refractivity contribution is 7.16. The van der Waals surface area contributed by atoms with Crippen molar-refractivity contribution in [3.05, 3.63) is 28.1 Å². The van der Waals surface area contributed by atoms with Crippen LogP contribution in [0.25, 0.3) is 10.2 Å². The quantitative estimate of drug-likeness (QED) is 0.865. The molecule has 4 nitrogen and oxygen atoms in total. The van der Waals surface area contributed by atoms with Crippen LogP contribution in [-0.2, 0) is 16.1 Å². The largest absolute Gasteiger partial charge is 0.383 e. The molecule has 1 aromatic carbocycles. The molecule has 0 aliphatic heterocycles. The van der Waals surface area contributed by atoms with Crippen LogP contribution in [0.5, 0.6) is 0 Å². The summed E-state index contributed by atoms with van der Waals surface area (Å²) in [6, 6.07) is 4.30. The summed E-state index contributed by atoms with van der Waals surface area (Å²) in [6.07, 6.45) is 0. The predicted octanol–water partition coefficient (Wildman–Crippen LogP) is 2.41. The van der Waals surface area contributed by atoms with Crippen molar-refractivity contribution in [2.45, 2.75) is 27.3 Å². The number of carbonyl (C=O) groups excluding carboxylic acids is 1. The molecule has 0 fully saturated rings. The number of nitrogens with zero attached hydrogens (tertiary/aromatic N) is 2. The van der Waals surface area contributed by atoms with Crippen molar-refractivity contribution in [3.63, 3.8) is 0 Å². The summed E-state index contributed by atoms with van der Waals surface area (Å²) in [5.74, 6) is -0.175. The zero-order chi connectivity index (χ0) is 14.0. The van der Waals surface area contributed by atoms with Gasteiger partial charge in [0.1, 0.15) is 0 Å². The lowest BCUT2D eigenvalue weighted by Gasteiger charge is -2.06. The molecule has 0 unspecified atom stereocenters. The van der Waals surface area contributed by atoms with E-state index in [4.69, 9.17) is 4.74 Å². The Hall–Kier alpha value is -1.46. The second-order valence-electron chi connectivity index (χ2n) is 4.56. The summed E-state index contributed by atoms with van der Waals surface area (Å²) >= 11 is 1.55. The highest BCUT2D eigenvalue weighted by Crippen LogP contribution is 2.21. The van der Waals surface area contributed by atoms with Gasteiger partial charge in [-0.2, -0.15) is 4.99 Å². The first kappa shape index (κ1) is 14.0. The minimum absolute atomic E-state index is 0.175. The topological polar surface area (TPSA) is 43.6 Å². The number of aryl methyl sites for hydroxylation is 2. The Kier molecular flexibility index (Phi) is 4.17. The Bertz CT molecular complexity index is 683. The van der Waals surface area contributed by atoms with Gasteiger partial charge in [0, 0.05) is 20.6 Å². The van der Waals surface area contributed by atoms with Crippen LogP contribution >= 0.6 is 11.3 Å². The van der Waals surface area contributed by atoms with Crippen LogP contribution in [0.4, 0.5) is 0 Å². The second kappa shape index (κ2) is 5.67.